The summed E-state index contributed by atoms with van der Waals surface area (Å²) in [5, 5.41) is 4.96. The van der Waals surface area contributed by atoms with Gasteiger partial charge < -0.3 is 10.1 Å². The highest BCUT2D eigenvalue weighted by Crippen LogP contribution is 2.24. The quantitative estimate of drug-likeness (QED) is 0.787. The summed E-state index contributed by atoms with van der Waals surface area (Å²) in [6, 6.07) is 7.57. The lowest BCUT2D eigenvalue weighted by Crippen LogP contribution is -2.28. The highest BCUT2D eigenvalue weighted by atomic mass is 32.1. The molecular weight excluding hydrogens is 298 g/mol. The topological polar surface area (TPSA) is 55.6 Å². The van der Waals surface area contributed by atoms with Gasteiger partial charge in [-0.1, -0.05) is 18.2 Å². The summed E-state index contributed by atoms with van der Waals surface area (Å²) in [5.41, 5.74) is 1.74. The van der Waals surface area contributed by atoms with Crippen LogP contribution in [0.1, 0.15) is 24.2 Å². The number of nitrogens with zero attached hydrogens (tertiary/aromatic N) is 2. The van der Waals surface area contributed by atoms with E-state index < -0.39 is 0 Å². The van der Waals surface area contributed by atoms with Crippen molar-refractivity contribution < 1.29 is 9.53 Å². The Morgan fingerprint density at radius 2 is 2.27 bits per heavy atom. The molecule has 0 aliphatic rings. The van der Waals surface area contributed by atoms with Crippen LogP contribution in [0.5, 0.6) is 5.75 Å². The minimum atomic E-state index is -0.118. The lowest BCUT2D eigenvalue weighted by atomic mass is 10.1. The Bertz CT molecular complexity index is 765. The molecule has 1 unspecified atom stereocenters. The lowest BCUT2D eigenvalue weighted by Gasteiger charge is -2.16. The van der Waals surface area contributed by atoms with E-state index in [0.29, 0.717) is 0 Å². The smallest absolute Gasteiger partial charge is 0.226 e. The van der Waals surface area contributed by atoms with Crippen LogP contribution in [-0.4, -0.2) is 22.4 Å². The standard InChI is InChI=1S/C16H17N3O2S/c1-11(13-5-3-4-6-14(13)21-2)17-15(20)9-12-10-19-7-8-22-16(19)18-12/h3-8,10-11H,9H2,1-2H3,(H,17,20). The highest BCUT2D eigenvalue weighted by molar-refractivity contribution is 7.15. The normalized spacial score (nSPS) is 12.3. The predicted molar refractivity (Wildman–Crippen MR) is 86.3 cm³/mol. The van der Waals surface area contributed by atoms with E-state index in [1.54, 1.807) is 18.4 Å². The van der Waals surface area contributed by atoms with Gasteiger partial charge in [0.2, 0.25) is 5.91 Å². The molecule has 3 rings (SSSR count). The Morgan fingerprint density at radius 3 is 3.05 bits per heavy atom. The zero-order valence-corrected chi connectivity index (χ0v) is 13.3. The maximum Gasteiger partial charge on any atom is 0.226 e. The fraction of sp³-hybridized carbons (Fsp3) is 0.250. The molecule has 0 bridgehead atoms. The molecule has 2 aromatic heterocycles. The largest absolute Gasteiger partial charge is 0.496 e. The van der Waals surface area contributed by atoms with Gasteiger partial charge in [0.1, 0.15) is 5.75 Å². The van der Waals surface area contributed by atoms with Crippen molar-refractivity contribution in [3.8, 4) is 5.75 Å². The first-order valence-corrected chi connectivity index (χ1v) is 7.88. The summed E-state index contributed by atoms with van der Waals surface area (Å²) >= 11 is 1.55. The minimum absolute atomic E-state index is 0.0517. The molecule has 0 aliphatic heterocycles. The Balaban J connectivity index is 1.67. The average Bonchev–Trinajstić information content (AvgIpc) is 3.08. The van der Waals surface area contributed by atoms with Crippen molar-refractivity contribution in [3.05, 3.63) is 53.3 Å². The van der Waals surface area contributed by atoms with Crippen molar-refractivity contribution in [2.24, 2.45) is 0 Å². The van der Waals surface area contributed by atoms with Crippen LogP contribution in [0, 0.1) is 0 Å². The first-order chi connectivity index (χ1) is 10.7. The second kappa shape index (κ2) is 6.19. The number of para-hydroxylation sites is 1. The molecule has 0 spiro atoms. The Kier molecular flexibility index (Phi) is 4.11. The molecule has 1 atom stereocenters. The van der Waals surface area contributed by atoms with Gasteiger partial charge in [-0.05, 0) is 13.0 Å². The van der Waals surface area contributed by atoms with E-state index in [4.69, 9.17) is 4.74 Å². The number of amides is 1. The molecule has 114 valence electrons. The molecule has 1 N–H and O–H groups in total. The van der Waals surface area contributed by atoms with Gasteiger partial charge in [0, 0.05) is 23.3 Å². The third-order valence-electron chi connectivity index (χ3n) is 3.47. The number of carbonyl (C=O) groups is 1. The Labute approximate surface area is 132 Å². The van der Waals surface area contributed by atoms with E-state index in [1.165, 1.54) is 0 Å². The molecular formula is C16H17N3O2S. The zero-order valence-electron chi connectivity index (χ0n) is 12.4. The summed E-state index contributed by atoms with van der Waals surface area (Å²) in [4.78, 5) is 17.5. The number of imidazole rings is 1. The van der Waals surface area contributed by atoms with Crippen LogP contribution in [0.3, 0.4) is 0 Å². The van der Waals surface area contributed by atoms with Gasteiger partial charge in [0.15, 0.2) is 4.96 Å². The van der Waals surface area contributed by atoms with Crippen molar-refractivity contribution in [3.63, 3.8) is 0 Å². The van der Waals surface area contributed by atoms with Crippen LogP contribution >= 0.6 is 11.3 Å². The fourth-order valence-electron chi connectivity index (χ4n) is 2.42. The SMILES string of the molecule is COc1ccccc1C(C)NC(=O)Cc1cn2ccsc2n1. The Hall–Kier alpha value is -2.34. The number of carbonyl (C=O) groups excluding carboxylic acids is 1. The van der Waals surface area contributed by atoms with Crippen LogP contribution in [-0.2, 0) is 11.2 Å². The summed E-state index contributed by atoms with van der Waals surface area (Å²) < 4.78 is 7.26. The first kappa shape index (κ1) is 14.6. The van der Waals surface area contributed by atoms with Gasteiger partial charge in [-0.3, -0.25) is 9.20 Å². The third kappa shape index (κ3) is 2.96. The number of hydrogen-bond acceptors (Lipinski definition) is 4. The number of nitrogens with one attached hydrogen (secondary N) is 1. The number of aromatic nitrogens is 2. The van der Waals surface area contributed by atoms with E-state index in [2.05, 4.69) is 10.3 Å². The van der Waals surface area contributed by atoms with E-state index >= 15 is 0 Å². The molecule has 1 aromatic carbocycles. The molecule has 2 heterocycles. The second-order valence-electron chi connectivity index (χ2n) is 5.03. The molecule has 0 saturated carbocycles. The number of hydrogen-bond donors (Lipinski definition) is 1. The summed E-state index contributed by atoms with van der Waals surface area (Å²) in [6.07, 6.45) is 4.10. The van der Waals surface area contributed by atoms with Gasteiger partial charge in [0.25, 0.3) is 0 Å². The van der Waals surface area contributed by atoms with Crippen LogP contribution in [0.15, 0.2) is 42.0 Å². The predicted octanol–water partition coefficient (Wildman–Crippen LogP) is 2.82. The fourth-order valence-corrected chi connectivity index (χ4v) is 3.14. The van der Waals surface area contributed by atoms with Crippen molar-refractivity contribution in [2.75, 3.05) is 7.11 Å². The molecule has 1 amide bonds. The number of methoxy groups -OCH3 is 1. The van der Waals surface area contributed by atoms with E-state index in [1.807, 2.05) is 53.4 Å². The molecule has 22 heavy (non-hydrogen) atoms. The minimum Gasteiger partial charge on any atom is -0.496 e. The molecule has 0 fully saturated rings. The van der Waals surface area contributed by atoms with Crippen molar-refractivity contribution in [1.29, 1.82) is 0 Å². The highest BCUT2D eigenvalue weighted by Gasteiger charge is 2.15. The van der Waals surface area contributed by atoms with Gasteiger partial charge in [-0.2, -0.15) is 0 Å². The first-order valence-electron chi connectivity index (χ1n) is 7.00. The molecule has 6 heteroatoms. The average molecular weight is 315 g/mol. The van der Waals surface area contributed by atoms with Gasteiger partial charge in [-0.15, -0.1) is 11.3 Å². The maximum atomic E-state index is 12.2. The molecule has 0 aliphatic carbocycles. The van der Waals surface area contributed by atoms with Gasteiger partial charge >= 0.3 is 0 Å². The summed E-state index contributed by atoms with van der Waals surface area (Å²) in [6.45, 7) is 1.95. The monoisotopic (exact) mass is 315 g/mol. The number of rotatable bonds is 5. The van der Waals surface area contributed by atoms with Gasteiger partial charge in [0.05, 0.1) is 25.3 Å². The van der Waals surface area contributed by atoms with Crippen molar-refractivity contribution >= 4 is 22.2 Å². The molecule has 5 nitrogen and oxygen atoms in total. The molecule has 3 aromatic rings. The lowest BCUT2D eigenvalue weighted by molar-refractivity contribution is -0.121. The summed E-state index contributed by atoms with van der Waals surface area (Å²) in [5.74, 6) is 0.724. The number of ether oxygens (including phenoxy) is 1. The number of benzene rings is 1. The summed E-state index contributed by atoms with van der Waals surface area (Å²) in [7, 11) is 1.63. The van der Waals surface area contributed by atoms with Crippen LogP contribution in [0.2, 0.25) is 0 Å². The zero-order chi connectivity index (χ0) is 15.5. The molecule has 0 saturated heterocycles. The maximum absolute atomic E-state index is 12.2. The van der Waals surface area contributed by atoms with E-state index in [0.717, 1.165) is 22.0 Å². The molecule has 0 radical (unpaired) electrons. The van der Waals surface area contributed by atoms with Crippen LogP contribution in [0.4, 0.5) is 0 Å². The number of fused-ring (bicyclic) bond motifs is 1. The van der Waals surface area contributed by atoms with Crippen LogP contribution < -0.4 is 10.1 Å². The van der Waals surface area contributed by atoms with E-state index in [9.17, 15) is 4.79 Å². The third-order valence-corrected chi connectivity index (χ3v) is 4.24. The Morgan fingerprint density at radius 1 is 1.45 bits per heavy atom. The van der Waals surface area contributed by atoms with Crippen molar-refractivity contribution in [2.45, 2.75) is 19.4 Å². The van der Waals surface area contributed by atoms with Gasteiger partial charge in [-0.25, -0.2) is 4.98 Å². The second-order valence-corrected chi connectivity index (χ2v) is 5.91. The number of thiazole rings is 1. The van der Waals surface area contributed by atoms with E-state index in [-0.39, 0.29) is 18.4 Å². The van der Waals surface area contributed by atoms with Crippen LogP contribution in [0.25, 0.3) is 4.96 Å². The van der Waals surface area contributed by atoms with Crippen molar-refractivity contribution in [1.82, 2.24) is 14.7 Å².